The fourth-order valence-corrected chi connectivity index (χ4v) is 2.89. The van der Waals surface area contributed by atoms with Gasteiger partial charge in [0.25, 0.3) is 0 Å². The van der Waals surface area contributed by atoms with Gasteiger partial charge in [0.15, 0.2) is 0 Å². The van der Waals surface area contributed by atoms with E-state index in [9.17, 15) is 18.0 Å². The molecule has 3 rings (SSSR count). The largest absolute Gasteiger partial charge is 0.451 e. The Kier molecular flexibility index (Phi) is 3.83. The molecule has 2 N–H and O–H groups in total. The van der Waals surface area contributed by atoms with Crippen LogP contribution in [-0.2, 0) is 11.0 Å². The second-order valence-corrected chi connectivity index (χ2v) is 5.49. The molecule has 0 unspecified atom stereocenters. The molecule has 1 aromatic heterocycles. The molecule has 23 heavy (non-hydrogen) atoms. The Hall–Kier alpha value is -2.38. The summed E-state index contributed by atoms with van der Waals surface area (Å²) in [5.41, 5.74) is 5.61. The van der Waals surface area contributed by atoms with Gasteiger partial charge in [0, 0.05) is 11.9 Å². The highest BCUT2D eigenvalue weighted by molar-refractivity contribution is 5.92. The number of amides is 1. The molecule has 0 aliphatic carbocycles. The maximum Gasteiger partial charge on any atom is 0.451 e. The second kappa shape index (κ2) is 5.68. The van der Waals surface area contributed by atoms with Gasteiger partial charge in [0.2, 0.25) is 11.7 Å². The molecule has 1 aromatic carbocycles. The summed E-state index contributed by atoms with van der Waals surface area (Å²) in [4.78, 5) is 20.5. The van der Waals surface area contributed by atoms with Crippen LogP contribution in [0.4, 0.5) is 19.0 Å². The van der Waals surface area contributed by atoms with E-state index in [1.807, 2.05) is 0 Å². The predicted octanol–water partition coefficient (Wildman–Crippen LogP) is 2.49. The lowest BCUT2D eigenvalue weighted by atomic mass is 10.0. The molecule has 8 heteroatoms. The highest BCUT2D eigenvalue weighted by Gasteiger charge is 2.37. The average molecular weight is 324 g/mol. The zero-order chi connectivity index (χ0) is 16.6. The Morgan fingerprint density at radius 1 is 1.22 bits per heavy atom. The van der Waals surface area contributed by atoms with Gasteiger partial charge in [0.1, 0.15) is 11.9 Å². The van der Waals surface area contributed by atoms with Crippen LogP contribution in [-0.4, -0.2) is 28.5 Å². The quantitative estimate of drug-likeness (QED) is 0.921. The van der Waals surface area contributed by atoms with Crippen molar-refractivity contribution in [3.63, 3.8) is 0 Å². The molecule has 1 aliphatic rings. The fraction of sp³-hybridized carbons (Fsp3) is 0.400. The number of aromatic nitrogens is 2. The standard InChI is InChI=1S/C15H15F3N4O/c16-15(17,18)14-20-10-6-2-1-5-9(10)13(21-14)22-8-4-3-7-11(22)12(19)23/h1-2,5-6,11H,3-4,7-8H2,(H2,19,23)/t11-/m0/s1. The van der Waals surface area contributed by atoms with E-state index in [2.05, 4.69) is 9.97 Å². The third kappa shape index (κ3) is 2.93. The summed E-state index contributed by atoms with van der Waals surface area (Å²) in [7, 11) is 0. The molecule has 122 valence electrons. The zero-order valence-corrected chi connectivity index (χ0v) is 12.2. The van der Waals surface area contributed by atoms with Crippen molar-refractivity contribution >= 4 is 22.6 Å². The molecule has 1 aliphatic heterocycles. The first-order valence-corrected chi connectivity index (χ1v) is 7.28. The molecule has 5 nitrogen and oxygen atoms in total. The minimum absolute atomic E-state index is 0.117. The van der Waals surface area contributed by atoms with Crippen LogP contribution in [0.2, 0.25) is 0 Å². The topological polar surface area (TPSA) is 72.1 Å². The first-order valence-electron chi connectivity index (χ1n) is 7.28. The zero-order valence-electron chi connectivity index (χ0n) is 12.2. The number of para-hydroxylation sites is 1. The second-order valence-electron chi connectivity index (χ2n) is 5.49. The summed E-state index contributed by atoms with van der Waals surface area (Å²) in [6, 6.07) is 5.81. The van der Waals surface area contributed by atoms with Crippen molar-refractivity contribution < 1.29 is 18.0 Å². The molecule has 1 saturated heterocycles. The number of piperidine rings is 1. The Morgan fingerprint density at radius 3 is 2.65 bits per heavy atom. The van der Waals surface area contributed by atoms with E-state index in [-0.39, 0.29) is 11.3 Å². The van der Waals surface area contributed by atoms with Crippen LogP contribution in [0, 0.1) is 0 Å². The van der Waals surface area contributed by atoms with Gasteiger partial charge in [-0.2, -0.15) is 13.2 Å². The van der Waals surface area contributed by atoms with E-state index in [0.717, 1.165) is 12.8 Å². The third-order valence-corrected chi connectivity index (χ3v) is 3.94. The first kappa shape index (κ1) is 15.5. The van der Waals surface area contributed by atoms with Crippen LogP contribution in [0.5, 0.6) is 0 Å². The van der Waals surface area contributed by atoms with Crippen molar-refractivity contribution in [1.82, 2.24) is 9.97 Å². The van der Waals surface area contributed by atoms with Gasteiger partial charge in [0.05, 0.1) is 5.52 Å². The summed E-state index contributed by atoms with van der Waals surface area (Å²) in [6.45, 7) is 0.436. The molecule has 2 aromatic rings. The lowest BCUT2D eigenvalue weighted by Crippen LogP contribution is -2.48. The number of carbonyl (C=O) groups excluding carboxylic acids is 1. The monoisotopic (exact) mass is 324 g/mol. The predicted molar refractivity (Wildman–Crippen MR) is 78.7 cm³/mol. The number of anilines is 1. The van der Waals surface area contributed by atoms with Gasteiger partial charge in [-0.1, -0.05) is 12.1 Å². The fourth-order valence-electron chi connectivity index (χ4n) is 2.89. The Labute approximate surface area is 130 Å². The van der Waals surface area contributed by atoms with Gasteiger partial charge in [-0.15, -0.1) is 0 Å². The molecule has 0 saturated carbocycles. The molecule has 0 radical (unpaired) electrons. The number of hydrogen-bond donors (Lipinski definition) is 1. The summed E-state index contributed by atoms with van der Waals surface area (Å²) in [6.07, 6.45) is -2.57. The number of hydrogen-bond acceptors (Lipinski definition) is 4. The first-order chi connectivity index (χ1) is 10.9. The van der Waals surface area contributed by atoms with E-state index in [1.165, 1.54) is 6.07 Å². The number of alkyl halides is 3. The van der Waals surface area contributed by atoms with Crippen molar-refractivity contribution in [3.05, 3.63) is 30.1 Å². The molecule has 2 heterocycles. The van der Waals surface area contributed by atoms with Crippen molar-refractivity contribution in [3.8, 4) is 0 Å². The number of nitrogens with zero attached hydrogens (tertiary/aromatic N) is 3. The van der Waals surface area contributed by atoms with E-state index < -0.39 is 23.9 Å². The molecule has 0 spiro atoms. The molecular formula is C15H15F3N4O. The van der Waals surface area contributed by atoms with Crippen LogP contribution in [0.3, 0.4) is 0 Å². The number of benzene rings is 1. The van der Waals surface area contributed by atoms with Crippen LogP contribution in [0.1, 0.15) is 25.1 Å². The van der Waals surface area contributed by atoms with Crippen LogP contribution < -0.4 is 10.6 Å². The van der Waals surface area contributed by atoms with Gasteiger partial charge in [-0.05, 0) is 31.4 Å². The molecule has 1 amide bonds. The van der Waals surface area contributed by atoms with Crippen molar-refractivity contribution in [2.45, 2.75) is 31.5 Å². The van der Waals surface area contributed by atoms with Gasteiger partial charge < -0.3 is 10.6 Å². The molecular weight excluding hydrogens is 309 g/mol. The summed E-state index contributed by atoms with van der Waals surface area (Å²) >= 11 is 0. The maximum atomic E-state index is 13.1. The number of fused-ring (bicyclic) bond motifs is 1. The third-order valence-electron chi connectivity index (χ3n) is 3.94. The normalized spacial score (nSPS) is 19.1. The van der Waals surface area contributed by atoms with Gasteiger partial charge >= 0.3 is 6.18 Å². The van der Waals surface area contributed by atoms with Crippen LogP contribution in [0.25, 0.3) is 10.9 Å². The lowest BCUT2D eigenvalue weighted by molar-refractivity contribution is -0.144. The minimum Gasteiger partial charge on any atom is -0.368 e. The van der Waals surface area contributed by atoms with Crippen LogP contribution >= 0.6 is 0 Å². The van der Waals surface area contributed by atoms with Gasteiger partial charge in [-0.3, -0.25) is 4.79 Å². The minimum atomic E-state index is -4.66. The van der Waals surface area contributed by atoms with Crippen molar-refractivity contribution in [2.75, 3.05) is 11.4 Å². The maximum absolute atomic E-state index is 13.1. The average Bonchev–Trinajstić information content (AvgIpc) is 2.53. The SMILES string of the molecule is NC(=O)[C@@H]1CCCCN1c1nc(C(F)(F)F)nc2ccccc12. The number of carbonyl (C=O) groups is 1. The van der Waals surface area contributed by atoms with Crippen molar-refractivity contribution in [2.24, 2.45) is 5.73 Å². The Bertz CT molecular complexity index is 747. The smallest absolute Gasteiger partial charge is 0.368 e. The molecule has 1 atom stereocenters. The number of rotatable bonds is 2. The molecule has 1 fully saturated rings. The van der Waals surface area contributed by atoms with E-state index >= 15 is 0 Å². The highest BCUT2D eigenvalue weighted by Crippen LogP contribution is 2.34. The van der Waals surface area contributed by atoms with E-state index in [0.29, 0.717) is 18.4 Å². The number of halogens is 3. The van der Waals surface area contributed by atoms with E-state index in [1.54, 1.807) is 23.1 Å². The van der Waals surface area contributed by atoms with Gasteiger partial charge in [-0.25, -0.2) is 9.97 Å². The summed E-state index contributed by atoms with van der Waals surface area (Å²) in [5.74, 6) is -1.65. The van der Waals surface area contributed by atoms with E-state index in [4.69, 9.17) is 5.73 Å². The van der Waals surface area contributed by atoms with Crippen molar-refractivity contribution in [1.29, 1.82) is 0 Å². The lowest BCUT2D eigenvalue weighted by Gasteiger charge is -2.35. The summed E-state index contributed by atoms with van der Waals surface area (Å²) < 4.78 is 39.3. The molecule has 0 bridgehead atoms. The number of primary amides is 1. The van der Waals surface area contributed by atoms with Crippen LogP contribution in [0.15, 0.2) is 24.3 Å². The Balaban J connectivity index is 2.20. The highest BCUT2D eigenvalue weighted by atomic mass is 19.4. The Morgan fingerprint density at radius 2 is 1.96 bits per heavy atom. The number of nitrogens with two attached hydrogens (primary N) is 1. The summed E-state index contributed by atoms with van der Waals surface area (Å²) in [5, 5.41) is 0.480.